The van der Waals surface area contributed by atoms with E-state index in [2.05, 4.69) is 41.5 Å². The molecule has 1 N–H and O–H groups in total. The number of ether oxygens (including phenoxy) is 2. The molecule has 1 aromatic carbocycles. The highest BCUT2D eigenvalue weighted by Gasteiger charge is 2.47. The lowest BCUT2D eigenvalue weighted by atomic mass is 9.99. The maximum atomic E-state index is 11.6. The fourth-order valence-corrected chi connectivity index (χ4v) is 9.88. The standard InChI is InChI=1S/C25H42O5Si/c1-10-22(25(26)27)20(8)21-12-13-23(24(16-21)29-15-11-14-28-9)30-31(17(2)3,18(4)5)19(6)7/h12-13,16-19H,10-11,14-15H2,1-9H3,(H,26,27). The van der Waals surface area contributed by atoms with Gasteiger partial charge in [-0.1, -0.05) is 54.5 Å². The summed E-state index contributed by atoms with van der Waals surface area (Å²) in [6, 6.07) is 5.83. The quantitative estimate of drug-likeness (QED) is 0.201. The number of carbonyl (C=O) groups is 1. The van der Waals surface area contributed by atoms with Crippen molar-refractivity contribution < 1.29 is 23.8 Å². The first-order chi connectivity index (χ1) is 14.5. The number of hydrogen-bond acceptors (Lipinski definition) is 4. The highest BCUT2D eigenvalue weighted by atomic mass is 28.4. The van der Waals surface area contributed by atoms with Crippen LogP contribution in [0.5, 0.6) is 11.5 Å². The summed E-state index contributed by atoms with van der Waals surface area (Å²) in [5.41, 5.74) is 3.33. The van der Waals surface area contributed by atoms with Crippen molar-refractivity contribution in [3.8, 4) is 11.5 Å². The van der Waals surface area contributed by atoms with E-state index in [-0.39, 0.29) is 0 Å². The summed E-state index contributed by atoms with van der Waals surface area (Å²) in [6.45, 7) is 18.4. The predicted octanol–water partition coefficient (Wildman–Crippen LogP) is 6.92. The van der Waals surface area contributed by atoms with Gasteiger partial charge in [0.1, 0.15) is 5.75 Å². The number of allylic oxidation sites excluding steroid dienone is 1. The molecule has 6 heteroatoms. The third kappa shape index (κ3) is 6.59. The summed E-state index contributed by atoms with van der Waals surface area (Å²) in [4.78, 5) is 11.6. The van der Waals surface area contributed by atoms with Crippen molar-refractivity contribution in [2.45, 2.75) is 84.9 Å². The fraction of sp³-hybridized carbons (Fsp3) is 0.640. The highest BCUT2D eigenvalue weighted by Crippen LogP contribution is 2.45. The van der Waals surface area contributed by atoms with Gasteiger partial charge in [0, 0.05) is 25.7 Å². The number of rotatable bonds is 13. The lowest BCUT2D eigenvalue weighted by molar-refractivity contribution is -0.132. The third-order valence-electron chi connectivity index (χ3n) is 6.19. The van der Waals surface area contributed by atoms with Crippen LogP contribution in [0.25, 0.3) is 5.57 Å². The average Bonchev–Trinajstić information content (AvgIpc) is 2.69. The SMILES string of the molecule is CCC(C(=O)O)=C(C)c1ccc(O[Si](C(C)C)(C(C)C)C(C)C)c(OCCCOC)c1. The molecular formula is C25H42O5Si. The van der Waals surface area contributed by atoms with Crippen molar-refractivity contribution in [2.24, 2.45) is 0 Å². The van der Waals surface area contributed by atoms with E-state index in [0.717, 1.165) is 23.3 Å². The van der Waals surface area contributed by atoms with Crippen LogP contribution in [0.2, 0.25) is 16.6 Å². The Hall–Kier alpha value is -1.79. The molecule has 0 saturated heterocycles. The van der Waals surface area contributed by atoms with Crippen LogP contribution in [0.15, 0.2) is 23.8 Å². The van der Waals surface area contributed by atoms with Crippen molar-refractivity contribution in [3.05, 3.63) is 29.3 Å². The lowest BCUT2D eigenvalue weighted by Gasteiger charge is -2.42. The molecule has 0 aliphatic heterocycles. The number of carboxylic acids is 1. The minimum Gasteiger partial charge on any atom is -0.540 e. The molecule has 0 radical (unpaired) electrons. The van der Waals surface area contributed by atoms with Gasteiger partial charge in [-0.2, -0.15) is 0 Å². The summed E-state index contributed by atoms with van der Waals surface area (Å²) < 4.78 is 18.2. The Morgan fingerprint density at radius 3 is 2.03 bits per heavy atom. The van der Waals surface area contributed by atoms with Crippen LogP contribution in [-0.4, -0.2) is 39.7 Å². The predicted molar refractivity (Wildman–Crippen MR) is 131 cm³/mol. The number of carboxylic acid groups (broad SMARTS) is 1. The second-order valence-corrected chi connectivity index (χ2v) is 14.4. The Morgan fingerprint density at radius 1 is 1.00 bits per heavy atom. The second-order valence-electron chi connectivity index (χ2n) is 9.04. The summed E-state index contributed by atoms with van der Waals surface area (Å²) in [6.07, 6.45) is 1.24. The first-order valence-electron chi connectivity index (χ1n) is 11.4. The minimum atomic E-state index is -2.16. The molecule has 0 amide bonds. The molecular weight excluding hydrogens is 408 g/mol. The Kier molecular flexibility index (Phi) is 10.8. The van der Waals surface area contributed by atoms with Crippen molar-refractivity contribution in [2.75, 3.05) is 20.3 Å². The first-order valence-corrected chi connectivity index (χ1v) is 13.5. The maximum absolute atomic E-state index is 11.6. The minimum absolute atomic E-state index is 0.411. The number of methoxy groups -OCH3 is 1. The lowest BCUT2D eigenvalue weighted by Crippen LogP contribution is -2.50. The van der Waals surface area contributed by atoms with E-state index in [1.165, 1.54) is 0 Å². The van der Waals surface area contributed by atoms with E-state index in [0.29, 0.717) is 47.6 Å². The van der Waals surface area contributed by atoms with E-state index in [4.69, 9.17) is 13.9 Å². The Morgan fingerprint density at radius 2 is 1.58 bits per heavy atom. The largest absolute Gasteiger partial charge is 0.540 e. The van der Waals surface area contributed by atoms with Gasteiger partial charge >= 0.3 is 5.97 Å². The van der Waals surface area contributed by atoms with Crippen LogP contribution >= 0.6 is 0 Å². The number of aliphatic carboxylic acids is 1. The highest BCUT2D eigenvalue weighted by molar-refractivity contribution is 6.78. The van der Waals surface area contributed by atoms with Crippen LogP contribution in [-0.2, 0) is 9.53 Å². The smallest absolute Gasteiger partial charge is 0.331 e. The maximum Gasteiger partial charge on any atom is 0.331 e. The third-order valence-corrected chi connectivity index (χ3v) is 12.2. The molecule has 1 aromatic rings. The molecule has 0 atom stereocenters. The van der Waals surface area contributed by atoms with Gasteiger partial charge in [-0.25, -0.2) is 4.79 Å². The molecule has 0 bridgehead atoms. The van der Waals surface area contributed by atoms with Crippen LogP contribution < -0.4 is 9.16 Å². The zero-order valence-electron chi connectivity index (χ0n) is 20.9. The van der Waals surface area contributed by atoms with Crippen LogP contribution in [0, 0.1) is 0 Å². The zero-order chi connectivity index (χ0) is 23.8. The molecule has 31 heavy (non-hydrogen) atoms. The molecule has 0 spiro atoms. The number of hydrogen-bond donors (Lipinski definition) is 1. The molecule has 0 aliphatic carbocycles. The normalized spacial score (nSPS) is 13.0. The van der Waals surface area contributed by atoms with Gasteiger partial charge in [0.25, 0.3) is 8.32 Å². The first kappa shape index (κ1) is 27.2. The zero-order valence-corrected chi connectivity index (χ0v) is 21.9. The molecule has 0 saturated carbocycles. The van der Waals surface area contributed by atoms with E-state index < -0.39 is 14.3 Å². The Bertz CT molecular complexity index is 731. The Labute approximate surface area is 189 Å². The topological polar surface area (TPSA) is 65.0 Å². The van der Waals surface area contributed by atoms with Gasteiger partial charge in [0.2, 0.25) is 0 Å². The van der Waals surface area contributed by atoms with Crippen molar-refractivity contribution in [1.82, 2.24) is 0 Å². The summed E-state index contributed by atoms with van der Waals surface area (Å²) in [5.74, 6) is 0.548. The van der Waals surface area contributed by atoms with E-state index in [1.807, 2.05) is 32.0 Å². The van der Waals surface area contributed by atoms with Gasteiger partial charge < -0.3 is 19.0 Å². The average molecular weight is 451 g/mol. The van der Waals surface area contributed by atoms with Crippen LogP contribution in [0.4, 0.5) is 0 Å². The number of benzene rings is 1. The van der Waals surface area contributed by atoms with E-state index in [9.17, 15) is 9.90 Å². The molecule has 0 unspecified atom stereocenters. The van der Waals surface area contributed by atoms with Gasteiger partial charge in [0.05, 0.1) is 6.61 Å². The summed E-state index contributed by atoms with van der Waals surface area (Å²) in [5, 5.41) is 9.54. The fourth-order valence-electron chi connectivity index (χ4n) is 4.62. The summed E-state index contributed by atoms with van der Waals surface area (Å²) in [7, 11) is -0.480. The molecule has 176 valence electrons. The second kappa shape index (κ2) is 12.3. The molecule has 0 fully saturated rings. The molecule has 0 heterocycles. The van der Waals surface area contributed by atoms with Gasteiger partial charge in [-0.15, -0.1) is 0 Å². The van der Waals surface area contributed by atoms with Crippen LogP contribution in [0.1, 0.15) is 73.8 Å². The monoisotopic (exact) mass is 450 g/mol. The van der Waals surface area contributed by atoms with Crippen molar-refractivity contribution in [3.63, 3.8) is 0 Å². The molecule has 5 nitrogen and oxygen atoms in total. The molecule has 0 aliphatic rings. The van der Waals surface area contributed by atoms with Crippen molar-refractivity contribution in [1.29, 1.82) is 0 Å². The Balaban J connectivity index is 3.49. The van der Waals surface area contributed by atoms with Gasteiger partial charge in [-0.05, 0) is 53.2 Å². The van der Waals surface area contributed by atoms with Gasteiger partial charge in [-0.3, -0.25) is 0 Å². The van der Waals surface area contributed by atoms with Gasteiger partial charge in [0.15, 0.2) is 5.75 Å². The van der Waals surface area contributed by atoms with Crippen molar-refractivity contribution >= 4 is 19.9 Å². The molecule has 0 aromatic heterocycles. The van der Waals surface area contributed by atoms with E-state index >= 15 is 0 Å². The van der Waals surface area contributed by atoms with E-state index in [1.54, 1.807) is 7.11 Å². The molecule has 1 rings (SSSR count). The summed E-state index contributed by atoms with van der Waals surface area (Å²) >= 11 is 0. The van der Waals surface area contributed by atoms with Crippen LogP contribution in [0.3, 0.4) is 0 Å².